The third kappa shape index (κ3) is 3.01. The van der Waals surface area contributed by atoms with Crippen LogP contribution < -0.4 is 4.90 Å². The maximum atomic E-state index is 5.67. The molecule has 0 saturated carbocycles. The maximum absolute atomic E-state index is 5.67. The standard InChI is InChI=1S/C17H23N5O2/c1-12-10-13(2)22(20-12)16-6-5-15(18-19-16)21-7-3-4-14(11-21)17-23-8-9-24-17/h5-6,10,14,17H,3-4,7-9,11H2,1-2H3/t14-/m1/s1. The molecule has 2 saturated heterocycles. The topological polar surface area (TPSA) is 65.3 Å². The van der Waals surface area contributed by atoms with Crippen LogP contribution in [0.2, 0.25) is 0 Å². The van der Waals surface area contributed by atoms with Crippen molar-refractivity contribution in [2.24, 2.45) is 5.92 Å². The van der Waals surface area contributed by atoms with Gasteiger partial charge in [-0.25, -0.2) is 4.68 Å². The molecule has 24 heavy (non-hydrogen) atoms. The first-order chi connectivity index (χ1) is 11.7. The van der Waals surface area contributed by atoms with E-state index in [1.54, 1.807) is 0 Å². The Labute approximate surface area is 141 Å². The van der Waals surface area contributed by atoms with E-state index in [2.05, 4.69) is 20.2 Å². The van der Waals surface area contributed by atoms with Crippen LogP contribution in [0.25, 0.3) is 5.82 Å². The van der Waals surface area contributed by atoms with Crippen molar-refractivity contribution in [1.29, 1.82) is 0 Å². The second-order valence-electron chi connectivity index (χ2n) is 6.55. The third-order valence-electron chi connectivity index (χ3n) is 4.68. The number of hydrogen-bond acceptors (Lipinski definition) is 6. The lowest BCUT2D eigenvalue weighted by Gasteiger charge is -2.35. The van der Waals surface area contributed by atoms with Crippen LogP contribution in [0.1, 0.15) is 24.2 Å². The van der Waals surface area contributed by atoms with Gasteiger partial charge in [0.2, 0.25) is 0 Å². The van der Waals surface area contributed by atoms with Gasteiger partial charge in [-0.1, -0.05) is 0 Å². The molecule has 2 aromatic rings. The summed E-state index contributed by atoms with van der Waals surface area (Å²) in [5.74, 6) is 2.06. The van der Waals surface area contributed by atoms with Gasteiger partial charge in [0.1, 0.15) is 0 Å². The fraction of sp³-hybridized carbons (Fsp3) is 0.588. The van der Waals surface area contributed by atoms with Crippen molar-refractivity contribution in [1.82, 2.24) is 20.0 Å². The predicted octanol–water partition coefficient (Wildman–Crippen LogP) is 1.87. The van der Waals surface area contributed by atoms with E-state index in [1.165, 1.54) is 0 Å². The summed E-state index contributed by atoms with van der Waals surface area (Å²) >= 11 is 0. The molecule has 4 rings (SSSR count). The summed E-state index contributed by atoms with van der Waals surface area (Å²) in [4.78, 5) is 2.27. The Morgan fingerprint density at radius 2 is 1.83 bits per heavy atom. The monoisotopic (exact) mass is 329 g/mol. The minimum absolute atomic E-state index is 0.0604. The first-order valence-corrected chi connectivity index (χ1v) is 8.56. The van der Waals surface area contributed by atoms with E-state index in [4.69, 9.17) is 9.47 Å². The number of aromatic nitrogens is 4. The quantitative estimate of drug-likeness (QED) is 0.856. The Kier molecular flexibility index (Phi) is 4.20. The number of rotatable bonds is 3. The molecule has 0 aromatic carbocycles. The highest BCUT2D eigenvalue weighted by molar-refractivity contribution is 5.40. The zero-order valence-electron chi connectivity index (χ0n) is 14.2. The van der Waals surface area contributed by atoms with Crippen molar-refractivity contribution in [3.05, 3.63) is 29.6 Å². The van der Waals surface area contributed by atoms with E-state index in [9.17, 15) is 0 Å². The van der Waals surface area contributed by atoms with Gasteiger partial charge >= 0.3 is 0 Å². The molecule has 1 atom stereocenters. The molecule has 128 valence electrons. The van der Waals surface area contributed by atoms with Gasteiger partial charge in [-0.3, -0.25) is 0 Å². The number of hydrogen-bond donors (Lipinski definition) is 0. The highest BCUT2D eigenvalue weighted by atomic mass is 16.7. The highest BCUT2D eigenvalue weighted by Crippen LogP contribution is 2.27. The molecule has 2 fully saturated rings. The summed E-state index contributed by atoms with van der Waals surface area (Å²) in [5, 5.41) is 13.2. The largest absolute Gasteiger partial charge is 0.355 e. The molecule has 0 spiro atoms. The van der Waals surface area contributed by atoms with Gasteiger partial charge in [0, 0.05) is 24.7 Å². The van der Waals surface area contributed by atoms with E-state index in [0.717, 1.165) is 49.0 Å². The lowest BCUT2D eigenvalue weighted by molar-refractivity contribution is -0.0859. The fourth-order valence-electron chi connectivity index (χ4n) is 3.55. The van der Waals surface area contributed by atoms with E-state index in [1.807, 2.05) is 36.7 Å². The van der Waals surface area contributed by atoms with Crippen LogP contribution in [-0.4, -0.2) is 52.6 Å². The Bertz CT molecular complexity index is 694. The molecule has 0 amide bonds. The van der Waals surface area contributed by atoms with Crippen molar-refractivity contribution in [3.63, 3.8) is 0 Å². The first-order valence-electron chi connectivity index (χ1n) is 8.56. The molecule has 0 bridgehead atoms. The molecule has 0 unspecified atom stereocenters. The van der Waals surface area contributed by atoms with E-state index >= 15 is 0 Å². The van der Waals surface area contributed by atoms with Crippen molar-refractivity contribution in [3.8, 4) is 5.82 Å². The Morgan fingerprint density at radius 3 is 2.50 bits per heavy atom. The van der Waals surface area contributed by atoms with Crippen LogP contribution in [0.4, 0.5) is 5.82 Å². The van der Waals surface area contributed by atoms with Crippen molar-refractivity contribution >= 4 is 5.82 Å². The number of ether oxygens (including phenoxy) is 2. The summed E-state index contributed by atoms with van der Waals surface area (Å²) in [6.45, 7) is 7.31. The van der Waals surface area contributed by atoms with Gasteiger partial charge in [-0.2, -0.15) is 5.10 Å². The molecular formula is C17H23N5O2. The lowest BCUT2D eigenvalue weighted by atomic mass is 9.97. The maximum Gasteiger partial charge on any atom is 0.176 e. The average Bonchev–Trinajstić information content (AvgIpc) is 3.25. The number of anilines is 1. The Hall–Kier alpha value is -1.99. The van der Waals surface area contributed by atoms with Crippen molar-refractivity contribution < 1.29 is 9.47 Å². The van der Waals surface area contributed by atoms with Gasteiger partial charge in [0.25, 0.3) is 0 Å². The first kappa shape index (κ1) is 15.5. The summed E-state index contributed by atoms with van der Waals surface area (Å²) in [5.41, 5.74) is 2.04. The van der Waals surface area contributed by atoms with E-state index in [-0.39, 0.29) is 6.29 Å². The third-order valence-corrected chi connectivity index (χ3v) is 4.68. The Morgan fingerprint density at radius 1 is 1.08 bits per heavy atom. The number of aryl methyl sites for hydroxylation is 2. The minimum Gasteiger partial charge on any atom is -0.355 e. The minimum atomic E-state index is -0.0604. The summed E-state index contributed by atoms with van der Waals surface area (Å²) in [6, 6.07) is 6.04. The average molecular weight is 329 g/mol. The van der Waals surface area contributed by atoms with Crippen LogP contribution in [0.5, 0.6) is 0 Å². The smallest absolute Gasteiger partial charge is 0.176 e. The summed E-state index contributed by atoms with van der Waals surface area (Å²) in [7, 11) is 0. The molecule has 0 radical (unpaired) electrons. The molecule has 2 aliphatic rings. The predicted molar refractivity (Wildman–Crippen MR) is 89.3 cm³/mol. The van der Waals surface area contributed by atoms with Crippen LogP contribution in [0.3, 0.4) is 0 Å². The lowest BCUT2D eigenvalue weighted by Crippen LogP contribution is -2.41. The van der Waals surface area contributed by atoms with E-state index in [0.29, 0.717) is 19.1 Å². The summed E-state index contributed by atoms with van der Waals surface area (Å²) < 4.78 is 13.2. The van der Waals surface area contributed by atoms with Gasteiger partial charge < -0.3 is 14.4 Å². The van der Waals surface area contributed by atoms with Crippen LogP contribution in [0.15, 0.2) is 18.2 Å². The highest BCUT2D eigenvalue weighted by Gasteiger charge is 2.31. The van der Waals surface area contributed by atoms with Crippen LogP contribution in [0, 0.1) is 19.8 Å². The molecule has 2 aromatic heterocycles. The zero-order valence-corrected chi connectivity index (χ0v) is 14.2. The molecule has 7 nitrogen and oxygen atoms in total. The zero-order chi connectivity index (χ0) is 16.5. The Balaban J connectivity index is 1.49. The molecule has 4 heterocycles. The molecule has 2 aliphatic heterocycles. The fourth-order valence-corrected chi connectivity index (χ4v) is 3.55. The van der Waals surface area contributed by atoms with Crippen molar-refractivity contribution in [2.45, 2.75) is 33.0 Å². The number of nitrogens with zero attached hydrogens (tertiary/aromatic N) is 5. The molecule has 0 aliphatic carbocycles. The second kappa shape index (κ2) is 6.49. The van der Waals surface area contributed by atoms with Crippen LogP contribution >= 0.6 is 0 Å². The van der Waals surface area contributed by atoms with Crippen molar-refractivity contribution in [2.75, 3.05) is 31.2 Å². The number of piperidine rings is 1. The van der Waals surface area contributed by atoms with Gasteiger partial charge in [-0.15, -0.1) is 10.2 Å². The molecular weight excluding hydrogens is 306 g/mol. The second-order valence-corrected chi connectivity index (χ2v) is 6.55. The SMILES string of the molecule is Cc1cc(C)n(-c2ccc(N3CCC[C@@H](C4OCCO4)C3)nn2)n1. The van der Waals surface area contributed by atoms with Crippen LogP contribution in [-0.2, 0) is 9.47 Å². The van der Waals surface area contributed by atoms with Gasteiger partial charge in [0.15, 0.2) is 17.9 Å². The molecule has 7 heteroatoms. The normalized spacial score (nSPS) is 22.2. The van der Waals surface area contributed by atoms with Gasteiger partial charge in [0.05, 0.1) is 18.9 Å². The van der Waals surface area contributed by atoms with E-state index < -0.39 is 0 Å². The van der Waals surface area contributed by atoms with Gasteiger partial charge in [-0.05, 0) is 44.9 Å². The molecule has 0 N–H and O–H groups in total. The summed E-state index contributed by atoms with van der Waals surface area (Å²) in [6.07, 6.45) is 2.20.